The number of hydrogen-bond donors (Lipinski definition) is 2. The number of anilines is 1. The molecule has 0 fully saturated rings. The lowest BCUT2D eigenvalue weighted by Gasteiger charge is -2.29. The molecule has 27 heavy (non-hydrogen) atoms. The van der Waals surface area contributed by atoms with Gasteiger partial charge in [0.15, 0.2) is 9.84 Å². The third kappa shape index (κ3) is 4.97. The monoisotopic (exact) mass is 463 g/mol. The molecule has 0 radical (unpaired) electrons. The van der Waals surface area contributed by atoms with Crippen LogP contribution < -0.4 is 4.90 Å². The Kier molecular flexibility index (Phi) is 7.06. The van der Waals surface area contributed by atoms with E-state index < -0.39 is 55.6 Å². The van der Waals surface area contributed by atoms with Crippen molar-refractivity contribution >= 4 is 53.8 Å². The number of sulfone groups is 1. The van der Waals surface area contributed by atoms with Crippen LogP contribution in [-0.2, 0) is 34.9 Å². The molecule has 1 amide bonds. The first-order valence-corrected chi connectivity index (χ1v) is 12.2. The predicted octanol–water partition coefficient (Wildman–Crippen LogP) is 1.19. The number of aryl methyl sites for hydroxylation is 1. The van der Waals surface area contributed by atoms with Crippen molar-refractivity contribution in [2.45, 2.75) is 47.1 Å². The molecule has 0 aliphatic rings. The number of carbonyl (C=O) groups is 1. The van der Waals surface area contributed by atoms with Crippen LogP contribution in [-0.4, -0.2) is 50.9 Å². The van der Waals surface area contributed by atoms with Crippen molar-refractivity contribution in [3.8, 4) is 0 Å². The fraction of sp³-hybridized carbons (Fsp3) is 0.462. The first-order chi connectivity index (χ1) is 12.1. The van der Waals surface area contributed by atoms with E-state index in [9.17, 15) is 39.2 Å². The maximum absolute atomic E-state index is 12.4. The highest BCUT2D eigenvalue weighted by molar-refractivity contribution is 7.94. The molecule has 0 saturated carbocycles. The molecule has 2 unspecified atom stereocenters. The van der Waals surface area contributed by atoms with Crippen molar-refractivity contribution in [2.24, 2.45) is 0 Å². The minimum atomic E-state index is -4.99. The fourth-order valence-corrected chi connectivity index (χ4v) is 5.63. The van der Waals surface area contributed by atoms with Gasteiger partial charge in [0.2, 0.25) is 6.41 Å². The summed E-state index contributed by atoms with van der Waals surface area (Å²) in [5.74, 6) is 0. The average Bonchev–Trinajstić information content (AvgIpc) is 2.50. The summed E-state index contributed by atoms with van der Waals surface area (Å²) in [6.45, 7) is 3.65. The fourth-order valence-electron chi connectivity index (χ4n) is 2.42. The predicted molar refractivity (Wildman–Crippen MR) is 97.7 cm³/mol. The van der Waals surface area contributed by atoms with E-state index in [1.54, 1.807) is 0 Å². The van der Waals surface area contributed by atoms with Gasteiger partial charge in [0, 0.05) is 0 Å². The second-order valence-corrected chi connectivity index (χ2v) is 11.7. The summed E-state index contributed by atoms with van der Waals surface area (Å²) in [5.41, 5.74) is -0.986. The van der Waals surface area contributed by atoms with Crippen LogP contribution in [0.25, 0.3) is 0 Å². The number of rotatable bonds is 8. The van der Waals surface area contributed by atoms with Gasteiger partial charge in [-0.2, -0.15) is 16.8 Å². The van der Waals surface area contributed by atoms with E-state index in [0.29, 0.717) is 17.0 Å². The van der Waals surface area contributed by atoms with Crippen molar-refractivity contribution in [1.29, 1.82) is 0 Å². The van der Waals surface area contributed by atoms with E-state index in [2.05, 4.69) is 0 Å². The largest absolute Gasteiger partial charge is 0.296 e. The molecular weight excluding hydrogens is 446 g/mol. The number of benzene rings is 1. The highest BCUT2D eigenvalue weighted by atomic mass is 35.5. The number of carbonyl (C=O) groups excluding carboxylic acids is 1. The standard InChI is InChI=1S/C13H18ClNO9S3/c1-4-13(25(17,18)9(3)14)15(7-16)10-6-11(26(19,20)21)8(2)5-12(10)27(22,23)24/h5-7,9,13H,4H2,1-3H3,(H,19,20,21)(H,22,23,24). The smallest absolute Gasteiger partial charge is 0.296 e. The van der Waals surface area contributed by atoms with Crippen molar-refractivity contribution < 1.29 is 39.2 Å². The zero-order valence-electron chi connectivity index (χ0n) is 14.4. The molecule has 1 rings (SSSR count). The molecule has 0 spiro atoms. The molecule has 0 heterocycles. The Balaban J connectivity index is 3.96. The molecule has 0 saturated heterocycles. The molecule has 1 aromatic carbocycles. The molecular formula is C13H18ClNO9S3. The second kappa shape index (κ2) is 8.01. The Bertz CT molecular complexity index is 1050. The highest BCUT2D eigenvalue weighted by Crippen LogP contribution is 2.34. The Morgan fingerprint density at radius 1 is 1.07 bits per heavy atom. The minimum absolute atomic E-state index is 0.0297. The molecule has 0 aromatic heterocycles. The van der Waals surface area contributed by atoms with Gasteiger partial charge in [0.25, 0.3) is 20.2 Å². The van der Waals surface area contributed by atoms with Crippen LogP contribution in [0, 0.1) is 6.92 Å². The van der Waals surface area contributed by atoms with Crippen LogP contribution in [0.4, 0.5) is 5.69 Å². The summed E-state index contributed by atoms with van der Waals surface area (Å²) in [5, 5.41) is -1.65. The third-order valence-corrected chi connectivity index (χ3v) is 8.54. The zero-order chi connectivity index (χ0) is 21.4. The minimum Gasteiger partial charge on any atom is -0.296 e. The molecule has 14 heteroatoms. The number of nitrogens with zero attached hydrogens (tertiary/aromatic N) is 1. The van der Waals surface area contributed by atoms with Crippen molar-refractivity contribution in [3.63, 3.8) is 0 Å². The summed E-state index contributed by atoms with van der Waals surface area (Å²) >= 11 is 5.66. The Morgan fingerprint density at radius 2 is 1.56 bits per heavy atom. The van der Waals surface area contributed by atoms with Gasteiger partial charge >= 0.3 is 0 Å². The van der Waals surface area contributed by atoms with E-state index in [1.165, 1.54) is 6.92 Å². The highest BCUT2D eigenvalue weighted by Gasteiger charge is 2.37. The zero-order valence-corrected chi connectivity index (χ0v) is 17.6. The summed E-state index contributed by atoms with van der Waals surface area (Å²) < 4.78 is 88.6. The molecule has 154 valence electrons. The Hall–Kier alpha value is -1.25. The van der Waals surface area contributed by atoms with E-state index in [4.69, 9.17) is 11.6 Å². The SMILES string of the molecule is CCC(N(C=O)c1cc(S(=O)(=O)O)c(C)cc1S(=O)(=O)O)S(=O)(=O)C(C)Cl. The normalized spacial score (nSPS) is 15.2. The Morgan fingerprint density at radius 3 is 1.89 bits per heavy atom. The third-order valence-electron chi connectivity index (χ3n) is 3.70. The lowest BCUT2D eigenvalue weighted by atomic mass is 10.2. The maximum Gasteiger partial charge on any atom is 0.296 e. The maximum atomic E-state index is 12.4. The molecule has 2 atom stereocenters. The van der Waals surface area contributed by atoms with Crippen molar-refractivity contribution in [3.05, 3.63) is 17.7 Å². The number of halogens is 1. The summed E-state index contributed by atoms with van der Waals surface area (Å²) in [4.78, 5) is 10.4. The van der Waals surface area contributed by atoms with Gasteiger partial charge in [0.1, 0.15) is 15.0 Å². The van der Waals surface area contributed by atoms with E-state index in [-0.39, 0.29) is 18.4 Å². The van der Waals surface area contributed by atoms with Crippen molar-refractivity contribution in [2.75, 3.05) is 4.90 Å². The van der Waals surface area contributed by atoms with Crippen LogP contribution in [0.2, 0.25) is 0 Å². The van der Waals surface area contributed by atoms with Gasteiger partial charge in [-0.1, -0.05) is 6.92 Å². The van der Waals surface area contributed by atoms with Crippen LogP contribution >= 0.6 is 11.6 Å². The van der Waals surface area contributed by atoms with E-state index >= 15 is 0 Å². The molecule has 0 aliphatic carbocycles. The van der Waals surface area contributed by atoms with E-state index in [0.717, 1.165) is 13.8 Å². The first-order valence-electron chi connectivity index (χ1n) is 7.29. The first kappa shape index (κ1) is 23.8. The summed E-state index contributed by atoms with van der Waals surface area (Å²) in [6.07, 6.45) is -0.254. The van der Waals surface area contributed by atoms with Gasteiger partial charge in [-0.05, 0) is 38.0 Å². The van der Waals surface area contributed by atoms with Gasteiger partial charge < -0.3 is 0 Å². The van der Waals surface area contributed by atoms with Crippen LogP contribution in [0.3, 0.4) is 0 Å². The van der Waals surface area contributed by atoms with Gasteiger partial charge in [-0.25, -0.2) is 8.42 Å². The van der Waals surface area contributed by atoms with Gasteiger partial charge in [-0.3, -0.25) is 18.8 Å². The summed E-state index contributed by atoms with van der Waals surface area (Å²) in [6, 6.07) is 1.30. The summed E-state index contributed by atoms with van der Waals surface area (Å²) in [7, 11) is -14.0. The van der Waals surface area contributed by atoms with Gasteiger partial charge in [0.05, 0.1) is 10.6 Å². The van der Waals surface area contributed by atoms with Crippen LogP contribution in [0.1, 0.15) is 25.8 Å². The number of hydrogen-bond acceptors (Lipinski definition) is 7. The second-order valence-electron chi connectivity index (χ2n) is 5.54. The average molecular weight is 464 g/mol. The molecule has 0 aliphatic heterocycles. The van der Waals surface area contributed by atoms with Crippen molar-refractivity contribution in [1.82, 2.24) is 0 Å². The van der Waals surface area contributed by atoms with Crippen LogP contribution in [0.15, 0.2) is 21.9 Å². The molecule has 0 bridgehead atoms. The molecule has 2 N–H and O–H groups in total. The lowest BCUT2D eigenvalue weighted by molar-refractivity contribution is -0.107. The van der Waals surface area contributed by atoms with E-state index in [1.807, 2.05) is 0 Å². The Labute approximate surface area is 162 Å². The topological polar surface area (TPSA) is 163 Å². The van der Waals surface area contributed by atoms with Gasteiger partial charge in [-0.15, -0.1) is 11.6 Å². The molecule has 10 nitrogen and oxygen atoms in total. The molecule has 1 aromatic rings. The number of alkyl halides is 1. The number of amides is 1. The quantitative estimate of drug-likeness (QED) is 0.327. The lowest BCUT2D eigenvalue weighted by Crippen LogP contribution is -2.43. The van der Waals surface area contributed by atoms with Crippen LogP contribution in [0.5, 0.6) is 0 Å².